The van der Waals surface area contributed by atoms with Gasteiger partial charge in [0.25, 0.3) is 5.91 Å². The number of amides is 1. The highest BCUT2D eigenvalue weighted by molar-refractivity contribution is 6.23. The van der Waals surface area contributed by atoms with Crippen molar-refractivity contribution < 1.29 is 4.79 Å². The van der Waals surface area contributed by atoms with Crippen LogP contribution in [0.25, 0.3) is 0 Å². The van der Waals surface area contributed by atoms with Gasteiger partial charge in [-0.1, -0.05) is 0 Å². The van der Waals surface area contributed by atoms with E-state index in [-0.39, 0.29) is 29.7 Å². The normalized spacial score (nSPS) is 19.9. The van der Waals surface area contributed by atoms with E-state index in [4.69, 9.17) is 5.26 Å². The number of carbonyl (C=O) groups is 1. The van der Waals surface area contributed by atoms with Crippen LogP contribution in [0.3, 0.4) is 0 Å². The molecule has 6 heteroatoms. The number of hydrogen-bond donors (Lipinski definition) is 1. The zero-order chi connectivity index (χ0) is 8.55. The Labute approximate surface area is 67.3 Å². The average Bonchev–Trinajstić information content (AvgIpc) is 2.49. The SMILES string of the molecule is N#CC1=C2C(=O)NCN=C2N=N1. The molecule has 0 unspecified atom stereocenters. The highest BCUT2D eigenvalue weighted by Gasteiger charge is 2.28. The Morgan fingerprint density at radius 2 is 2.33 bits per heavy atom. The van der Waals surface area contributed by atoms with Crippen LogP contribution in [0.5, 0.6) is 0 Å². The predicted octanol–water partition coefficient (Wildman–Crippen LogP) is -0.284. The number of amidine groups is 1. The standard InChI is InChI=1S/C6H3N5O/c7-1-3-4-5(11-10-3)8-2-9-6(4)12/h2H2,(H,9,12). The predicted molar refractivity (Wildman–Crippen MR) is 37.9 cm³/mol. The topological polar surface area (TPSA) is 90.0 Å². The first-order valence-electron chi connectivity index (χ1n) is 3.22. The maximum Gasteiger partial charge on any atom is 0.259 e. The molecule has 0 aliphatic carbocycles. The van der Waals surface area contributed by atoms with Crippen molar-refractivity contribution in [1.29, 1.82) is 5.26 Å². The fourth-order valence-corrected chi connectivity index (χ4v) is 0.976. The molecule has 0 aromatic rings. The fourth-order valence-electron chi connectivity index (χ4n) is 0.976. The molecule has 6 nitrogen and oxygen atoms in total. The highest BCUT2D eigenvalue weighted by Crippen LogP contribution is 2.18. The van der Waals surface area contributed by atoms with E-state index < -0.39 is 0 Å². The molecular formula is C6H3N5O. The Balaban J connectivity index is 2.58. The molecular weight excluding hydrogens is 158 g/mol. The van der Waals surface area contributed by atoms with E-state index in [0.717, 1.165) is 0 Å². The number of azo groups is 1. The van der Waals surface area contributed by atoms with Crippen LogP contribution in [0.1, 0.15) is 0 Å². The summed E-state index contributed by atoms with van der Waals surface area (Å²) in [6.07, 6.45) is 0. The van der Waals surface area contributed by atoms with Crippen molar-refractivity contribution in [3.8, 4) is 6.07 Å². The molecule has 0 spiro atoms. The van der Waals surface area contributed by atoms with Gasteiger partial charge in [0.1, 0.15) is 18.3 Å². The van der Waals surface area contributed by atoms with Gasteiger partial charge in [-0.05, 0) is 0 Å². The van der Waals surface area contributed by atoms with Gasteiger partial charge in [0.05, 0.1) is 0 Å². The van der Waals surface area contributed by atoms with Crippen LogP contribution >= 0.6 is 0 Å². The van der Waals surface area contributed by atoms with Gasteiger partial charge in [-0.3, -0.25) is 4.79 Å². The molecule has 0 aromatic carbocycles. The minimum absolute atomic E-state index is 0.0333. The molecule has 0 saturated heterocycles. The van der Waals surface area contributed by atoms with Gasteiger partial charge in [-0.25, -0.2) is 4.99 Å². The highest BCUT2D eigenvalue weighted by atomic mass is 16.2. The van der Waals surface area contributed by atoms with E-state index >= 15 is 0 Å². The molecule has 0 bridgehead atoms. The first-order valence-corrected chi connectivity index (χ1v) is 3.22. The van der Waals surface area contributed by atoms with Crippen molar-refractivity contribution >= 4 is 11.7 Å². The van der Waals surface area contributed by atoms with Crippen molar-refractivity contribution in [2.45, 2.75) is 0 Å². The van der Waals surface area contributed by atoms with E-state index in [9.17, 15) is 4.79 Å². The van der Waals surface area contributed by atoms with E-state index in [1.165, 1.54) is 0 Å². The largest absolute Gasteiger partial charge is 0.333 e. The Morgan fingerprint density at radius 3 is 3.08 bits per heavy atom. The number of fused-ring (bicyclic) bond motifs is 1. The van der Waals surface area contributed by atoms with Gasteiger partial charge in [0, 0.05) is 0 Å². The van der Waals surface area contributed by atoms with Gasteiger partial charge in [0.2, 0.25) is 0 Å². The minimum Gasteiger partial charge on any atom is -0.333 e. The van der Waals surface area contributed by atoms with E-state index in [1.807, 2.05) is 0 Å². The maximum atomic E-state index is 11.1. The van der Waals surface area contributed by atoms with Crippen LogP contribution in [-0.2, 0) is 4.79 Å². The molecule has 2 heterocycles. The zero-order valence-electron chi connectivity index (χ0n) is 5.90. The number of nitrogens with one attached hydrogen (secondary N) is 1. The summed E-state index contributed by atoms with van der Waals surface area (Å²) in [4.78, 5) is 15.0. The lowest BCUT2D eigenvalue weighted by Crippen LogP contribution is -2.32. The van der Waals surface area contributed by atoms with Crippen molar-refractivity contribution in [3.05, 3.63) is 11.3 Å². The molecule has 1 amide bonds. The zero-order valence-corrected chi connectivity index (χ0v) is 5.90. The van der Waals surface area contributed by atoms with Crippen LogP contribution in [0, 0.1) is 11.3 Å². The molecule has 0 aromatic heterocycles. The Bertz CT molecular complexity index is 383. The average molecular weight is 161 g/mol. The van der Waals surface area contributed by atoms with Crippen LogP contribution in [0.4, 0.5) is 0 Å². The number of hydrogen-bond acceptors (Lipinski definition) is 5. The molecule has 2 aliphatic rings. The van der Waals surface area contributed by atoms with Gasteiger partial charge >= 0.3 is 0 Å². The van der Waals surface area contributed by atoms with Gasteiger partial charge in [-0.2, -0.15) is 5.26 Å². The molecule has 12 heavy (non-hydrogen) atoms. The van der Waals surface area contributed by atoms with Crippen molar-refractivity contribution in [3.63, 3.8) is 0 Å². The van der Waals surface area contributed by atoms with Crippen LogP contribution in [0.15, 0.2) is 26.5 Å². The third-order valence-corrected chi connectivity index (χ3v) is 1.51. The van der Waals surface area contributed by atoms with Crippen molar-refractivity contribution in [2.75, 3.05) is 6.67 Å². The van der Waals surface area contributed by atoms with Crippen LogP contribution in [0.2, 0.25) is 0 Å². The maximum absolute atomic E-state index is 11.1. The molecule has 0 fully saturated rings. The third kappa shape index (κ3) is 0.734. The van der Waals surface area contributed by atoms with Gasteiger partial charge in [-0.15, -0.1) is 10.2 Å². The summed E-state index contributed by atoms with van der Waals surface area (Å²) in [5.74, 6) is -0.0724. The molecule has 0 atom stereocenters. The lowest BCUT2D eigenvalue weighted by molar-refractivity contribution is -0.117. The quantitative estimate of drug-likeness (QED) is 0.529. The van der Waals surface area contributed by atoms with E-state index in [1.54, 1.807) is 6.07 Å². The molecule has 0 saturated carbocycles. The first kappa shape index (κ1) is 6.67. The summed E-state index contributed by atoms with van der Waals surface area (Å²) in [7, 11) is 0. The van der Waals surface area contributed by atoms with Crippen LogP contribution in [-0.4, -0.2) is 18.4 Å². The minimum atomic E-state index is -0.332. The molecule has 58 valence electrons. The second kappa shape index (κ2) is 2.23. The van der Waals surface area contributed by atoms with Gasteiger partial charge in [0.15, 0.2) is 11.5 Å². The second-order valence-corrected chi connectivity index (χ2v) is 2.18. The summed E-state index contributed by atoms with van der Waals surface area (Å²) in [5, 5.41) is 18.1. The van der Waals surface area contributed by atoms with Crippen LogP contribution < -0.4 is 5.32 Å². The summed E-state index contributed by atoms with van der Waals surface area (Å²) in [6.45, 7) is 0.204. The smallest absolute Gasteiger partial charge is 0.259 e. The number of carbonyl (C=O) groups excluding carboxylic acids is 1. The number of aliphatic imine (C=N–C) groups is 1. The molecule has 0 radical (unpaired) electrons. The Kier molecular flexibility index (Phi) is 1.24. The monoisotopic (exact) mass is 161 g/mol. The summed E-state index contributed by atoms with van der Waals surface area (Å²) in [5.41, 5.74) is 0.217. The summed E-state index contributed by atoms with van der Waals surface area (Å²) < 4.78 is 0. The van der Waals surface area contributed by atoms with E-state index in [0.29, 0.717) is 0 Å². The number of rotatable bonds is 0. The van der Waals surface area contributed by atoms with Crippen molar-refractivity contribution in [2.24, 2.45) is 15.2 Å². The Morgan fingerprint density at radius 1 is 1.50 bits per heavy atom. The fraction of sp³-hybridized carbons (Fsp3) is 0.167. The number of nitriles is 1. The molecule has 2 rings (SSSR count). The van der Waals surface area contributed by atoms with Crippen molar-refractivity contribution in [1.82, 2.24) is 5.32 Å². The number of nitrogens with zero attached hydrogens (tertiary/aromatic N) is 4. The summed E-state index contributed by atoms with van der Waals surface area (Å²) in [6, 6.07) is 1.77. The second-order valence-electron chi connectivity index (χ2n) is 2.18. The van der Waals surface area contributed by atoms with E-state index in [2.05, 4.69) is 20.5 Å². The third-order valence-electron chi connectivity index (χ3n) is 1.51. The Hall–Kier alpha value is -2.03. The first-order chi connectivity index (χ1) is 5.83. The molecule has 2 aliphatic heterocycles. The summed E-state index contributed by atoms with van der Waals surface area (Å²) >= 11 is 0. The lowest BCUT2D eigenvalue weighted by atomic mass is 10.2. The lowest BCUT2D eigenvalue weighted by Gasteiger charge is -2.07. The number of allylic oxidation sites excluding steroid dienone is 1. The van der Waals surface area contributed by atoms with Gasteiger partial charge < -0.3 is 5.32 Å². The molecule has 1 N–H and O–H groups in total.